The second-order valence-electron chi connectivity index (χ2n) is 4.88. The summed E-state index contributed by atoms with van der Waals surface area (Å²) in [6.45, 7) is 2.18. The molecule has 7 heteroatoms. The number of pyridine rings is 1. The first kappa shape index (κ1) is 11.8. The SMILES string of the molecule is Cc1ncccc1-c1nnnn1CC1(C(=O)O)CC1. The van der Waals surface area contributed by atoms with E-state index in [0.29, 0.717) is 25.2 Å². The molecule has 7 nitrogen and oxygen atoms in total. The Hall–Kier alpha value is -2.31. The van der Waals surface area contributed by atoms with Gasteiger partial charge in [-0.15, -0.1) is 5.10 Å². The van der Waals surface area contributed by atoms with E-state index in [0.717, 1.165) is 11.3 Å². The molecule has 0 aromatic carbocycles. The van der Waals surface area contributed by atoms with Crippen LogP contribution in [0.1, 0.15) is 18.5 Å². The monoisotopic (exact) mass is 259 g/mol. The highest BCUT2D eigenvalue weighted by atomic mass is 16.4. The Morgan fingerprint density at radius 2 is 2.32 bits per heavy atom. The maximum absolute atomic E-state index is 11.2. The van der Waals surface area contributed by atoms with Crippen molar-refractivity contribution >= 4 is 5.97 Å². The molecule has 0 spiro atoms. The standard InChI is InChI=1S/C12H13N5O2/c1-8-9(3-2-6-13-8)10-14-15-16-17(10)7-12(4-5-12)11(18)19/h2-3,6H,4-5,7H2,1H3,(H,18,19). The van der Waals surface area contributed by atoms with Gasteiger partial charge in [-0.3, -0.25) is 9.78 Å². The summed E-state index contributed by atoms with van der Waals surface area (Å²) in [5.41, 5.74) is 0.952. The third kappa shape index (κ3) is 1.96. The zero-order chi connectivity index (χ0) is 13.5. The quantitative estimate of drug-likeness (QED) is 0.877. The summed E-state index contributed by atoms with van der Waals surface area (Å²) in [4.78, 5) is 15.4. The molecule has 2 aromatic heterocycles. The van der Waals surface area contributed by atoms with E-state index < -0.39 is 11.4 Å². The van der Waals surface area contributed by atoms with Gasteiger partial charge in [-0.25, -0.2) is 4.68 Å². The van der Waals surface area contributed by atoms with Crippen LogP contribution in [0, 0.1) is 12.3 Å². The van der Waals surface area contributed by atoms with Gasteiger partial charge in [0.15, 0.2) is 5.82 Å². The van der Waals surface area contributed by atoms with Crippen molar-refractivity contribution in [2.75, 3.05) is 0 Å². The average molecular weight is 259 g/mol. The molecule has 3 rings (SSSR count). The molecule has 0 atom stereocenters. The fourth-order valence-corrected chi connectivity index (χ4v) is 2.10. The van der Waals surface area contributed by atoms with E-state index >= 15 is 0 Å². The normalized spacial score (nSPS) is 16.3. The highest BCUT2D eigenvalue weighted by Gasteiger charge is 2.51. The molecule has 1 fully saturated rings. The lowest BCUT2D eigenvalue weighted by atomic mass is 10.1. The van der Waals surface area contributed by atoms with Crippen LogP contribution in [-0.2, 0) is 11.3 Å². The van der Waals surface area contributed by atoms with Crippen molar-refractivity contribution < 1.29 is 9.90 Å². The molecule has 19 heavy (non-hydrogen) atoms. The van der Waals surface area contributed by atoms with Crippen molar-refractivity contribution in [1.82, 2.24) is 25.2 Å². The highest BCUT2D eigenvalue weighted by Crippen LogP contribution is 2.47. The summed E-state index contributed by atoms with van der Waals surface area (Å²) in [5, 5.41) is 20.8. The number of carboxylic acids is 1. The second-order valence-corrected chi connectivity index (χ2v) is 4.88. The van der Waals surface area contributed by atoms with Gasteiger partial charge in [-0.1, -0.05) is 0 Å². The van der Waals surface area contributed by atoms with Crippen LogP contribution >= 0.6 is 0 Å². The molecular weight excluding hydrogens is 246 g/mol. The molecule has 1 N–H and O–H groups in total. The van der Waals surface area contributed by atoms with E-state index in [4.69, 9.17) is 0 Å². The summed E-state index contributed by atoms with van der Waals surface area (Å²) >= 11 is 0. The number of nitrogens with zero attached hydrogens (tertiary/aromatic N) is 5. The first-order valence-electron chi connectivity index (χ1n) is 6.04. The van der Waals surface area contributed by atoms with Crippen LogP contribution in [0.2, 0.25) is 0 Å². The van der Waals surface area contributed by atoms with Crippen LogP contribution in [0.3, 0.4) is 0 Å². The Kier molecular flexibility index (Phi) is 2.55. The summed E-state index contributed by atoms with van der Waals surface area (Å²) in [5.74, 6) is -0.213. The molecule has 1 saturated carbocycles. The third-order valence-corrected chi connectivity index (χ3v) is 3.54. The first-order valence-corrected chi connectivity index (χ1v) is 6.04. The van der Waals surface area contributed by atoms with E-state index in [-0.39, 0.29) is 0 Å². The molecule has 0 bridgehead atoms. The number of aliphatic carboxylic acids is 1. The van der Waals surface area contributed by atoms with Crippen LogP contribution < -0.4 is 0 Å². The van der Waals surface area contributed by atoms with Crippen LogP contribution in [0.25, 0.3) is 11.4 Å². The minimum atomic E-state index is -0.781. The van der Waals surface area contributed by atoms with Crippen LogP contribution in [0.5, 0.6) is 0 Å². The number of rotatable bonds is 4. The van der Waals surface area contributed by atoms with Gasteiger partial charge >= 0.3 is 5.97 Å². The van der Waals surface area contributed by atoms with Gasteiger partial charge in [-0.05, 0) is 42.3 Å². The summed E-state index contributed by atoms with van der Waals surface area (Å²) in [6.07, 6.45) is 3.05. The molecule has 1 aliphatic rings. The molecule has 2 heterocycles. The average Bonchev–Trinajstić information content (AvgIpc) is 3.03. The molecule has 0 saturated heterocycles. The second kappa shape index (κ2) is 4.11. The van der Waals surface area contributed by atoms with Crippen molar-refractivity contribution in [3.05, 3.63) is 24.0 Å². The van der Waals surface area contributed by atoms with Crippen LogP contribution in [0.4, 0.5) is 0 Å². The largest absolute Gasteiger partial charge is 0.481 e. The lowest BCUT2D eigenvalue weighted by molar-refractivity contribution is -0.144. The smallest absolute Gasteiger partial charge is 0.311 e. The summed E-state index contributed by atoms with van der Waals surface area (Å²) in [6, 6.07) is 3.69. The fraction of sp³-hybridized carbons (Fsp3) is 0.417. The lowest BCUT2D eigenvalue weighted by Crippen LogP contribution is -2.22. The van der Waals surface area contributed by atoms with Gasteiger partial charge in [-0.2, -0.15) is 0 Å². The maximum atomic E-state index is 11.2. The van der Waals surface area contributed by atoms with E-state index in [9.17, 15) is 9.90 Å². The lowest BCUT2D eigenvalue weighted by Gasteiger charge is -2.11. The zero-order valence-corrected chi connectivity index (χ0v) is 10.4. The van der Waals surface area contributed by atoms with Gasteiger partial charge in [0.1, 0.15) is 0 Å². The number of tetrazole rings is 1. The zero-order valence-electron chi connectivity index (χ0n) is 10.4. The topological polar surface area (TPSA) is 93.8 Å². The molecule has 0 radical (unpaired) electrons. The molecule has 2 aromatic rings. The molecule has 1 aliphatic carbocycles. The Labute approximate surface area is 109 Å². The summed E-state index contributed by atoms with van der Waals surface area (Å²) in [7, 11) is 0. The fourth-order valence-electron chi connectivity index (χ4n) is 2.10. The van der Waals surface area contributed by atoms with Crippen molar-refractivity contribution in [1.29, 1.82) is 0 Å². The number of carbonyl (C=O) groups is 1. The number of carboxylic acid groups (broad SMARTS) is 1. The Morgan fingerprint density at radius 1 is 1.53 bits per heavy atom. The predicted molar refractivity (Wildman–Crippen MR) is 65.1 cm³/mol. The van der Waals surface area contributed by atoms with Gasteiger partial charge in [0, 0.05) is 17.5 Å². The first-order chi connectivity index (χ1) is 9.12. The van der Waals surface area contributed by atoms with E-state index in [2.05, 4.69) is 20.5 Å². The van der Waals surface area contributed by atoms with Gasteiger partial charge in [0.05, 0.1) is 12.0 Å². The maximum Gasteiger partial charge on any atom is 0.311 e. The van der Waals surface area contributed by atoms with E-state index in [1.165, 1.54) is 0 Å². The van der Waals surface area contributed by atoms with E-state index in [1.54, 1.807) is 10.9 Å². The Bertz CT molecular complexity index is 633. The summed E-state index contributed by atoms with van der Waals surface area (Å²) < 4.78 is 1.56. The Morgan fingerprint density at radius 3 is 2.95 bits per heavy atom. The number of hydrogen-bond acceptors (Lipinski definition) is 5. The van der Waals surface area contributed by atoms with E-state index in [1.807, 2.05) is 19.1 Å². The number of hydrogen-bond donors (Lipinski definition) is 1. The third-order valence-electron chi connectivity index (χ3n) is 3.54. The van der Waals surface area contributed by atoms with Gasteiger partial charge in [0.2, 0.25) is 0 Å². The van der Waals surface area contributed by atoms with Crippen LogP contribution in [-0.4, -0.2) is 36.3 Å². The molecular formula is C12H13N5O2. The number of aromatic nitrogens is 5. The number of aryl methyl sites for hydroxylation is 1. The van der Waals surface area contributed by atoms with Crippen LogP contribution in [0.15, 0.2) is 18.3 Å². The van der Waals surface area contributed by atoms with Gasteiger partial charge < -0.3 is 5.11 Å². The minimum absolute atomic E-state index is 0.305. The highest BCUT2D eigenvalue weighted by molar-refractivity contribution is 5.77. The van der Waals surface area contributed by atoms with Crippen molar-refractivity contribution in [3.63, 3.8) is 0 Å². The molecule has 98 valence electrons. The van der Waals surface area contributed by atoms with Crippen molar-refractivity contribution in [2.24, 2.45) is 5.41 Å². The molecule has 0 amide bonds. The molecule has 0 unspecified atom stereocenters. The predicted octanol–water partition coefficient (Wildman–Crippen LogP) is 0.908. The minimum Gasteiger partial charge on any atom is -0.481 e. The van der Waals surface area contributed by atoms with Crippen molar-refractivity contribution in [2.45, 2.75) is 26.3 Å². The Balaban J connectivity index is 1.96. The van der Waals surface area contributed by atoms with Gasteiger partial charge in [0.25, 0.3) is 0 Å². The molecule has 0 aliphatic heterocycles. The van der Waals surface area contributed by atoms with Crippen molar-refractivity contribution in [3.8, 4) is 11.4 Å².